The van der Waals surface area contributed by atoms with E-state index in [1.807, 2.05) is 6.92 Å². The van der Waals surface area contributed by atoms with E-state index in [1.54, 1.807) is 7.28 Å². The molecule has 0 aromatic carbocycles. The minimum absolute atomic E-state index is 0.164. The second-order valence-corrected chi connectivity index (χ2v) is 1.07. The molecule has 0 heterocycles. The number of rotatable bonds is 2. The van der Waals surface area contributed by atoms with Crippen LogP contribution in [0.1, 0.15) is 6.92 Å². The molecule has 0 amide bonds. The Hall–Kier alpha value is -0.465. The molecular weight excluding hydrogens is 74.9 g/mol. The van der Waals surface area contributed by atoms with Crippen LogP contribution >= 0.6 is 0 Å². The SMILES string of the molecule is CC[B]C(=N)N. The van der Waals surface area contributed by atoms with Crippen molar-refractivity contribution >= 4 is 13.0 Å². The summed E-state index contributed by atoms with van der Waals surface area (Å²) in [5.74, 6) is 0. The standard InChI is InChI=1S/C3H8BN2/c1-2-4-3(5)6/h2H2,1H3,(H3,5,6). The number of amidine groups is 1. The normalized spacial score (nSPS) is 7.50. The molecule has 0 bridgehead atoms. The summed E-state index contributed by atoms with van der Waals surface area (Å²) in [6.07, 6.45) is 0.856. The number of nitrogens with two attached hydrogens (primary N) is 1. The van der Waals surface area contributed by atoms with E-state index in [2.05, 4.69) is 0 Å². The summed E-state index contributed by atoms with van der Waals surface area (Å²) in [6, 6.07) is 0. The summed E-state index contributed by atoms with van der Waals surface area (Å²) < 4.78 is 0. The highest BCUT2D eigenvalue weighted by molar-refractivity contribution is 6.73. The van der Waals surface area contributed by atoms with Crippen LogP contribution in [0.15, 0.2) is 0 Å². The van der Waals surface area contributed by atoms with Gasteiger partial charge in [0.25, 0.3) is 0 Å². The van der Waals surface area contributed by atoms with E-state index in [4.69, 9.17) is 11.1 Å². The highest BCUT2D eigenvalue weighted by Gasteiger charge is 1.83. The van der Waals surface area contributed by atoms with Gasteiger partial charge in [0, 0.05) is 5.73 Å². The summed E-state index contributed by atoms with van der Waals surface area (Å²) >= 11 is 0. The summed E-state index contributed by atoms with van der Waals surface area (Å²) in [7, 11) is 1.65. The van der Waals surface area contributed by atoms with Gasteiger partial charge in [0.15, 0.2) is 7.28 Å². The van der Waals surface area contributed by atoms with Crippen molar-refractivity contribution in [1.82, 2.24) is 0 Å². The third-order valence-corrected chi connectivity index (χ3v) is 0.424. The van der Waals surface area contributed by atoms with Gasteiger partial charge >= 0.3 is 0 Å². The van der Waals surface area contributed by atoms with Crippen LogP contribution in [0.4, 0.5) is 0 Å². The minimum atomic E-state index is 0.164. The second kappa shape index (κ2) is 2.76. The summed E-state index contributed by atoms with van der Waals surface area (Å²) in [5, 5.41) is 6.62. The third-order valence-electron chi connectivity index (χ3n) is 0.424. The van der Waals surface area contributed by atoms with Crippen molar-refractivity contribution in [2.45, 2.75) is 13.2 Å². The summed E-state index contributed by atoms with van der Waals surface area (Å²) in [4.78, 5) is 0. The van der Waals surface area contributed by atoms with E-state index >= 15 is 0 Å². The number of hydrogen-bond acceptors (Lipinski definition) is 1. The molecule has 3 N–H and O–H groups in total. The van der Waals surface area contributed by atoms with Gasteiger partial charge in [-0.2, -0.15) is 0 Å². The molecule has 0 aliphatic heterocycles. The van der Waals surface area contributed by atoms with Crippen molar-refractivity contribution in [3.05, 3.63) is 0 Å². The maximum absolute atomic E-state index is 6.62. The van der Waals surface area contributed by atoms with Crippen LogP contribution in [0.25, 0.3) is 0 Å². The van der Waals surface area contributed by atoms with Crippen molar-refractivity contribution in [3.63, 3.8) is 0 Å². The van der Waals surface area contributed by atoms with Gasteiger partial charge in [-0.05, 0) is 0 Å². The highest BCUT2D eigenvalue weighted by atomic mass is 14.6. The predicted molar refractivity (Wildman–Crippen MR) is 28.1 cm³/mol. The second-order valence-electron chi connectivity index (χ2n) is 1.07. The molecule has 0 aromatic heterocycles. The Balaban J connectivity index is 2.83. The lowest BCUT2D eigenvalue weighted by Crippen LogP contribution is -2.16. The molecule has 1 radical (unpaired) electrons. The minimum Gasteiger partial charge on any atom is -0.396 e. The molecule has 0 aliphatic rings. The molecule has 0 saturated heterocycles. The lowest BCUT2D eigenvalue weighted by atomic mass is 9.74. The molecular formula is C3H8BN2. The summed E-state index contributed by atoms with van der Waals surface area (Å²) in [5.41, 5.74) is 5.10. The Bertz CT molecular complexity index is 52.8. The smallest absolute Gasteiger partial charge is 0.199 e. The molecule has 0 fully saturated rings. The van der Waals surface area contributed by atoms with E-state index in [0.29, 0.717) is 0 Å². The van der Waals surface area contributed by atoms with Gasteiger partial charge in [0.2, 0.25) is 0 Å². The average Bonchev–Trinajstić information content (AvgIpc) is 1.35. The van der Waals surface area contributed by atoms with Crippen LogP contribution in [-0.2, 0) is 0 Å². The maximum atomic E-state index is 6.62. The predicted octanol–water partition coefficient (Wildman–Crippen LogP) is 0.0223. The molecule has 0 atom stereocenters. The van der Waals surface area contributed by atoms with E-state index in [9.17, 15) is 0 Å². The van der Waals surface area contributed by atoms with Crippen molar-refractivity contribution < 1.29 is 0 Å². The molecule has 0 rings (SSSR count). The number of hydrogen-bond donors (Lipinski definition) is 2. The molecule has 3 heteroatoms. The Morgan fingerprint density at radius 3 is 2.50 bits per heavy atom. The first kappa shape index (κ1) is 5.53. The largest absolute Gasteiger partial charge is 0.396 e. The topological polar surface area (TPSA) is 49.9 Å². The van der Waals surface area contributed by atoms with Crippen molar-refractivity contribution in [3.8, 4) is 0 Å². The van der Waals surface area contributed by atoms with Crippen LogP contribution < -0.4 is 5.73 Å². The molecule has 33 valence electrons. The Kier molecular flexibility index (Phi) is 2.54. The molecule has 2 nitrogen and oxygen atoms in total. The van der Waals surface area contributed by atoms with Crippen LogP contribution in [0.5, 0.6) is 0 Å². The molecule has 0 unspecified atom stereocenters. The fourth-order valence-corrected chi connectivity index (χ4v) is 0.220. The molecule has 0 aliphatic carbocycles. The van der Waals surface area contributed by atoms with Crippen LogP contribution in [0.2, 0.25) is 6.32 Å². The molecule has 0 aromatic rings. The maximum Gasteiger partial charge on any atom is 0.199 e. The van der Waals surface area contributed by atoms with Gasteiger partial charge in [-0.1, -0.05) is 13.2 Å². The highest BCUT2D eigenvalue weighted by Crippen LogP contribution is 1.67. The van der Waals surface area contributed by atoms with E-state index in [-0.39, 0.29) is 5.73 Å². The van der Waals surface area contributed by atoms with Crippen LogP contribution in [0, 0.1) is 5.41 Å². The van der Waals surface area contributed by atoms with E-state index < -0.39 is 0 Å². The molecule has 6 heavy (non-hydrogen) atoms. The van der Waals surface area contributed by atoms with Gasteiger partial charge in [-0.15, -0.1) is 0 Å². The first-order valence-electron chi connectivity index (χ1n) is 1.94. The van der Waals surface area contributed by atoms with Crippen molar-refractivity contribution in [1.29, 1.82) is 5.41 Å². The zero-order valence-corrected chi connectivity index (χ0v) is 3.86. The monoisotopic (exact) mass is 83.1 g/mol. The van der Waals surface area contributed by atoms with Gasteiger partial charge in [-0.25, -0.2) is 0 Å². The molecule has 0 saturated carbocycles. The van der Waals surface area contributed by atoms with E-state index in [1.165, 1.54) is 0 Å². The molecule has 0 spiro atoms. The summed E-state index contributed by atoms with van der Waals surface area (Å²) in [6.45, 7) is 1.95. The quantitative estimate of drug-likeness (QED) is 0.276. The third kappa shape index (κ3) is 3.53. The van der Waals surface area contributed by atoms with Crippen LogP contribution in [0.3, 0.4) is 0 Å². The number of nitrogens with one attached hydrogen (secondary N) is 1. The lowest BCUT2D eigenvalue weighted by Gasteiger charge is -1.83. The van der Waals surface area contributed by atoms with Gasteiger partial charge in [-0.3, -0.25) is 5.41 Å². The fraction of sp³-hybridized carbons (Fsp3) is 0.667. The van der Waals surface area contributed by atoms with Crippen molar-refractivity contribution in [2.75, 3.05) is 0 Å². The Labute approximate surface area is 38.5 Å². The van der Waals surface area contributed by atoms with Gasteiger partial charge in [0.05, 0.1) is 0 Å². The van der Waals surface area contributed by atoms with Crippen LogP contribution in [-0.4, -0.2) is 13.0 Å². The average molecular weight is 82.9 g/mol. The first-order chi connectivity index (χ1) is 2.77. The Morgan fingerprint density at radius 1 is 2.00 bits per heavy atom. The van der Waals surface area contributed by atoms with Gasteiger partial charge < -0.3 is 5.73 Å². The van der Waals surface area contributed by atoms with Crippen molar-refractivity contribution in [2.24, 2.45) is 5.73 Å². The zero-order valence-electron chi connectivity index (χ0n) is 3.86. The van der Waals surface area contributed by atoms with Gasteiger partial charge in [0.1, 0.15) is 0 Å². The van der Waals surface area contributed by atoms with E-state index in [0.717, 1.165) is 6.32 Å². The first-order valence-corrected chi connectivity index (χ1v) is 1.94. The fourth-order valence-electron chi connectivity index (χ4n) is 0.220. The zero-order chi connectivity index (χ0) is 4.99. The lowest BCUT2D eigenvalue weighted by molar-refractivity contribution is 1.43. The Morgan fingerprint density at radius 2 is 2.50 bits per heavy atom.